The van der Waals surface area contributed by atoms with E-state index in [4.69, 9.17) is 18.6 Å². The van der Waals surface area contributed by atoms with Crippen LogP contribution in [0.2, 0.25) is 19.6 Å². The molecule has 6 nitrogen and oxygen atoms in total. The maximum absolute atomic E-state index is 13.8. The summed E-state index contributed by atoms with van der Waals surface area (Å²) in [4.78, 5) is 27.7. The first-order valence-electron chi connectivity index (χ1n) is 11.9. The number of hydrogen-bond acceptors (Lipinski definition) is 6. The number of rotatable bonds is 9. The minimum absolute atomic E-state index is 0.128. The van der Waals surface area contributed by atoms with E-state index in [-0.39, 0.29) is 25.6 Å². The Hall–Kier alpha value is -2.64. The fourth-order valence-corrected chi connectivity index (χ4v) is 6.53. The van der Waals surface area contributed by atoms with Crippen molar-refractivity contribution in [3.05, 3.63) is 65.7 Å². The lowest BCUT2D eigenvalue weighted by molar-refractivity contribution is -0.188. The van der Waals surface area contributed by atoms with Crippen LogP contribution in [-0.2, 0) is 29.1 Å². The van der Waals surface area contributed by atoms with E-state index in [0.29, 0.717) is 6.42 Å². The molecular weight excluding hydrogens is 448 g/mol. The van der Waals surface area contributed by atoms with Crippen molar-refractivity contribution in [1.82, 2.24) is 0 Å². The Bertz CT molecular complexity index is 964. The Morgan fingerprint density at radius 2 is 1.44 bits per heavy atom. The molecule has 184 valence electrons. The molecule has 0 saturated heterocycles. The van der Waals surface area contributed by atoms with Crippen molar-refractivity contribution < 1.29 is 28.2 Å². The van der Waals surface area contributed by atoms with Crippen LogP contribution < -0.4 is 4.74 Å². The van der Waals surface area contributed by atoms with Gasteiger partial charge in [-0.15, -0.1) is 0 Å². The zero-order valence-electron chi connectivity index (χ0n) is 21.1. The van der Waals surface area contributed by atoms with Crippen molar-refractivity contribution in [3.8, 4) is 5.75 Å². The molecule has 0 heterocycles. The zero-order valence-corrected chi connectivity index (χ0v) is 22.1. The van der Waals surface area contributed by atoms with Crippen LogP contribution in [0.25, 0.3) is 0 Å². The largest absolute Gasteiger partial charge is 0.497 e. The zero-order chi connectivity index (χ0) is 25.0. The number of carbonyl (C=O) groups is 2. The molecular formula is C27H36O6Si. The minimum Gasteiger partial charge on any atom is -0.497 e. The molecule has 2 aromatic carbocycles. The number of hydrogen-bond donors (Lipinski definition) is 0. The van der Waals surface area contributed by atoms with Crippen molar-refractivity contribution in [2.45, 2.75) is 57.8 Å². The van der Waals surface area contributed by atoms with Gasteiger partial charge in [0.25, 0.3) is 0 Å². The van der Waals surface area contributed by atoms with Gasteiger partial charge in [0, 0.05) is 0 Å². The summed E-state index contributed by atoms with van der Waals surface area (Å²) >= 11 is 0. The van der Waals surface area contributed by atoms with E-state index in [0.717, 1.165) is 16.9 Å². The van der Waals surface area contributed by atoms with E-state index in [9.17, 15) is 9.59 Å². The van der Waals surface area contributed by atoms with Gasteiger partial charge in [0.05, 0.1) is 20.3 Å². The van der Waals surface area contributed by atoms with Crippen LogP contribution in [0.3, 0.4) is 0 Å². The highest BCUT2D eigenvalue weighted by molar-refractivity contribution is 6.69. The molecule has 0 amide bonds. The van der Waals surface area contributed by atoms with Gasteiger partial charge in [-0.25, -0.2) is 0 Å². The third-order valence-corrected chi connectivity index (χ3v) is 7.29. The summed E-state index contributed by atoms with van der Waals surface area (Å²) in [5.41, 5.74) is -1.06. The summed E-state index contributed by atoms with van der Waals surface area (Å²) < 4.78 is 23.4. The Labute approximate surface area is 203 Å². The van der Waals surface area contributed by atoms with Crippen LogP contribution in [-0.4, -0.2) is 40.6 Å². The predicted octanol–water partition coefficient (Wildman–Crippen LogP) is 5.43. The molecule has 0 aliphatic heterocycles. The van der Waals surface area contributed by atoms with Crippen molar-refractivity contribution in [3.63, 3.8) is 0 Å². The van der Waals surface area contributed by atoms with Gasteiger partial charge in [-0.05, 0) is 75.5 Å². The van der Waals surface area contributed by atoms with Gasteiger partial charge < -0.3 is 18.6 Å². The van der Waals surface area contributed by atoms with Gasteiger partial charge in [-0.2, -0.15) is 0 Å². The van der Waals surface area contributed by atoms with Gasteiger partial charge in [-0.1, -0.05) is 42.5 Å². The highest BCUT2D eigenvalue weighted by atomic mass is 28.4. The summed E-state index contributed by atoms with van der Waals surface area (Å²) in [7, 11) is -0.660. The number of methoxy groups -OCH3 is 1. The first-order chi connectivity index (χ1) is 16.1. The molecule has 2 unspecified atom stereocenters. The molecule has 0 radical (unpaired) electrons. The predicted molar refractivity (Wildman–Crippen MR) is 133 cm³/mol. The number of benzene rings is 2. The topological polar surface area (TPSA) is 71.1 Å². The van der Waals surface area contributed by atoms with Crippen LogP contribution in [0.15, 0.2) is 54.6 Å². The lowest BCUT2D eigenvalue weighted by Gasteiger charge is -2.45. The molecule has 0 aromatic heterocycles. The molecule has 34 heavy (non-hydrogen) atoms. The van der Waals surface area contributed by atoms with Crippen molar-refractivity contribution in [2.75, 3.05) is 20.3 Å². The van der Waals surface area contributed by atoms with E-state index in [1.165, 1.54) is 0 Å². The summed E-state index contributed by atoms with van der Waals surface area (Å²) in [6.45, 7) is 10.0. The van der Waals surface area contributed by atoms with Crippen LogP contribution in [0.5, 0.6) is 5.75 Å². The quantitative estimate of drug-likeness (QED) is 0.268. The maximum atomic E-state index is 13.8. The molecule has 1 aliphatic carbocycles. The molecule has 0 spiro atoms. The Morgan fingerprint density at radius 3 is 1.91 bits per heavy atom. The molecule has 2 aromatic rings. The third-order valence-electron chi connectivity index (χ3n) is 6.33. The van der Waals surface area contributed by atoms with Crippen LogP contribution in [0.4, 0.5) is 0 Å². The average Bonchev–Trinajstić information content (AvgIpc) is 3.15. The molecule has 2 atom stereocenters. The molecule has 3 rings (SSSR count). The number of carbonyl (C=O) groups excluding carboxylic acids is 2. The highest BCUT2D eigenvalue weighted by Crippen LogP contribution is 2.62. The van der Waals surface area contributed by atoms with E-state index < -0.39 is 31.3 Å². The Balaban J connectivity index is 2.30. The van der Waals surface area contributed by atoms with Crippen LogP contribution in [0.1, 0.15) is 43.7 Å². The molecule has 1 saturated carbocycles. The summed E-state index contributed by atoms with van der Waals surface area (Å²) in [6.07, 6.45) is 0.682. The monoisotopic (exact) mass is 484 g/mol. The van der Waals surface area contributed by atoms with Crippen LogP contribution >= 0.6 is 0 Å². The number of ether oxygens (including phenoxy) is 3. The standard InChI is InChI=1S/C27H36O6Si/c1-7-31-24(28)26(25(29)32-8-2)18-21(20-14-16-23(30-3)17-15-20)19-27(26,33-34(4,5)6)22-12-10-9-11-13-22/h9-17,21H,7-8,18-19H2,1-6H3. The molecule has 0 bridgehead atoms. The van der Waals surface area contributed by atoms with E-state index in [2.05, 4.69) is 19.6 Å². The van der Waals surface area contributed by atoms with Gasteiger partial charge in [0.2, 0.25) is 0 Å². The SMILES string of the molecule is CCOC(=O)C1(C(=O)OCC)CC(c2ccc(OC)cc2)CC1(O[Si](C)(C)C)c1ccccc1. The van der Waals surface area contributed by atoms with Gasteiger partial charge in [0.15, 0.2) is 13.7 Å². The smallest absolute Gasteiger partial charge is 0.326 e. The van der Waals surface area contributed by atoms with Gasteiger partial charge in [0.1, 0.15) is 11.4 Å². The normalized spacial score (nSPS) is 21.6. The van der Waals surface area contributed by atoms with Crippen molar-refractivity contribution >= 4 is 20.3 Å². The fourth-order valence-electron chi connectivity index (χ4n) is 5.11. The molecule has 7 heteroatoms. The third kappa shape index (κ3) is 4.77. The first-order valence-corrected chi connectivity index (χ1v) is 15.3. The van der Waals surface area contributed by atoms with E-state index in [1.807, 2.05) is 54.6 Å². The second-order valence-electron chi connectivity index (χ2n) is 9.63. The van der Waals surface area contributed by atoms with Gasteiger partial charge in [-0.3, -0.25) is 9.59 Å². The molecule has 1 fully saturated rings. The summed E-state index contributed by atoms with van der Waals surface area (Å²) in [6, 6.07) is 17.4. The number of esters is 2. The van der Waals surface area contributed by atoms with Crippen molar-refractivity contribution in [2.24, 2.45) is 5.41 Å². The molecule has 0 N–H and O–H groups in total. The van der Waals surface area contributed by atoms with Gasteiger partial charge >= 0.3 is 11.9 Å². The lowest BCUT2D eigenvalue weighted by atomic mass is 9.70. The Kier molecular flexibility index (Phi) is 7.88. The summed E-state index contributed by atoms with van der Waals surface area (Å²) in [5.74, 6) is -0.564. The lowest BCUT2D eigenvalue weighted by Crippen LogP contribution is -2.58. The van der Waals surface area contributed by atoms with E-state index >= 15 is 0 Å². The second kappa shape index (κ2) is 10.3. The van der Waals surface area contributed by atoms with Crippen LogP contribution in [0, 0.1) is 5.41 Å². The second-order valence-corrected chi connectivity index (χ2v) is 14.1. The first kappa shape index (κ1) is 26.0. The fraction of sp³-hybridized carbons (Fsp3) is 0.481. The van der Waals surface area contributed by atoms with Crippen molar-refractivity contribution in [1.29, 1.82) is 0 Å². The molecule has 1 aliphatic rings. The maximum Gasteiger partial charge on any atom is 0.326 e. The highest BCUT2D eigenvalue weighted by Gasteiger charge is 2.71. The minimum atomic E-state index is -2.28. The summed E-state index contributed by atoms with van der Waals surface area (Å²) in [5, 5.41) is 0. The Morgan fingerprint density at radius 1 is 0.882 bits per heavy atom. The average molecular weight is 485 g/mol. The van der Waals surface area contributed by atoms with E-state index in [1.54, 1.807) is 21.0 Å².